The zero-order valence-electron chi connectivity index (χ0n) is 14.1. The van der Waals surface area contributed by atoms with Crippen LogP contribution in [0.4, 0.5) is 0 Å². The number of fused-ring (bicyclic) bond motifs is 3. The quantitative estimate of drug-likeness (QED) is 0.790. The van der Waals surface area contributed by atoms with E-state index in [-0.39, 0.29) is 5.97 Å². The molecule has 0 saturated carbocycles. The third-order valence-electron chi connectivity index (χ3n) is 3.96. The third-order valence-corrected chi connectivity index (χ3v) is 3.96. The van der Waals surface area contributed by atoms with E-state index in [2.05, 4.69) is 0 Å². The molecule has 0 N–H and O–H groups in total. The summed E-state index contributed by atoms with van der Waals surface area (Å²) in [6.45, 7) is 0.993. The minimum atomic E-state index is -0.785. The van der Waals surface area contributed by atoms with Gasteiger partial charge in [0.2, 0.25) is 6.10 Å². The topological polar surface area (TPSA) is 48.0 Å². The molecule has 0 bridgehead atoms. The van der Waals surface area contributed by atoms with Gasteiger partial charge < -0.3 is 19.1 Å². The largest absolute Gasteiger partial charge is 0.497 e. The summed E-state index contributed by atoms with van der Waals surface area (Å²) in [4.78, 5) is 14.5. The Balaban J connectivity index is 1.93. The van der Waals surface area contributed by atoms with Crippen LogP contribution < -0.4 is 9.47 Å². The molecule has 5 nitrogen and oxygen atoms in total. The van der Waals surface area contributed by atoms with E-state index in [1.165, 1.54) is 0 Å². The summed E-state index contributed by atoms with van der Waals surface area (Å²) in [5.41, 5.74) is 2.70. The molecule has 0 aliphatic carbocycles. The predicted molar refractivity (Wildman–Crippen MR) is 91.3 cm³/mol. The molecule has 1 aliphatic rings. The van der Waals surface area contributed by atoms with Crippen molar-refractivity contribution in [2.45, 2.75) is 6.10 Å². The van der Waals surface area contributed by atoms with Gasteiger partial charge in [-0.1, -0.05) is 24.3 Å². The second-order valence-electron chi connectivity index (χ2n) is 5.92. The first-order valence-electron chi connectivity index (χ1n) is 7.85. The van der Waals surface area contributed by atoms with Crippen LogP contribution in [-0.2, 0) is 9.53 Å². The monoisotopic (exact) mass is 327 g/mol. The molecule has 0 amide bonds. The summed E-state index contributed by atoms with van der Waals surface area (Å²) in [6.07, 6.45) is -0.785. The number of likely N-dealkylation sites (N-methyl/N-ethyl adjacent to an activating group) is 1. The van der Waals surface area contributed by atoms with Crippen LogP contribution in [0.1, 0.15) is 11.7 Å². The van der Waals surface area contributed by atoms with Gasteiger partial charge >= 0.3 is 5.97 Å². The number of benzene rings is 2. The van der Waals surface area contributed by atoms with Crippen LogP contribution in [0.3, 0.4) is 0 Å². The van der Waals surface area contributed by atoms with E-state index in [9.17, 15) is 4.79 Å². The lowest BCUT2D eigenvalue weighted by atomic mass is 9.92. The fourth-order valence-electron chi connectivity index (χ4n) is 2.69. The maximum absolute atomic E-state index is 12.5. The molecule has 5 heteroatoms. The number of carbonyl (C=O) groups is 1. The molecule has 2 aromatic carbocycles. The number of esters is 1. The lowest BCUT2D eigenvalue weighted by Crippen LogP contribution is -2.27. The highest BCUT2D eigenvalue weighted by Gasteiger charge is 2.33. The Labute approximate surface area is 141 Å². The lowest BCUT2D eigenvalue weighted by molar-refractivity contribution is -0.152. The zero-order chi connectivity index (χ0) is 17.1. The fourth-order valence-corrected chi connectivity index (χ4v) is 2.69. The molecule has 1 unspecified atom stereocenters. The van der Waals surface area contributed by atoms with E-state index >= 15 is 0 Å². The summed E-state index contributed by atoms with van der Waals surface area (Å²) in [5, 5.41) is 0. The van der Waals surface area contributed by atoms with Gasteiger partial charge in [0.15, 0.2) is 0 Å². The molecular weight excluding hydrogens is 306 g/mol. The van der Waals surface area contributed by atoms with Gasteiger partial charge in [0.05, 0.1) is 7.11 Å². The van der Waals surface area contributed by atoms with E-state index in [4.69, 9.17) is 14.2 Å². The molecule has 2 aromatic rings. The van der Waals surface area contributed by atoms with Crippen molar-refractivity contribution in [3.8, 4) is 22.6 Å². The van der Waals surface area contributed by atoms with Crippen molar-refractivity contribution < 1.29 is 19.0 Å². The molecule has 1 aliphatic heterocycles. The van der Waals surface area contributed by atoms with Gasteiger partial charge in [-0.2, -0.15) is 0 Å². The fraction of sp³-hybridized carbons (Fsp3) is 0.316. The first-order valence-corrected chi connectivity index (χ1v) is 7.85. The molecular formula is C19H21NO4. The third kappa shape index (κ3) is 3.21. The maximum Gasteiger partial charge on any atom is 0.352 e. The van der Waals surface area contributed by atoms with Crippen LogP contribution in [0.15, 0.2) is 42.5 Å². The van der Waals surface area contributed by atoms with E-state index in [0.29, 0.717) is 24.7 Å². The molecule has 1 heterocycles. The summed E-state index contributed by atoms with van der Waals surface area (Å²) in [7, 11) is 5.46. The van der Waals surface area contributed by atoms with Crippen molar-refractivity contribution in [1.29, 1.82) is 0 Å². The molecule has 0 saturated heterocycles. The van der Waals surface area contributed by atoms with Crippen LogP contribution in [-0.4, -0.2) is 45.2 Å². The Morgan fingerprint density at radius 2 is 1.96 bits per heavy atom. The van der Waals surface area contributed by atoms with E-state index in [1.54, 1.807) is 7.11 Å². The van der Waals surface area contributed by atoms with Gasteiger partial charge in [-0.15, -0.1) is 0 Å². The smallest absolute Gasteiger partial charge is 0.352 e. The van der Waals surface area contributed by atoms with Gasteiger partial charge in [0.1, 0.15) is 18.1 Å². The lowest BCUT2D eigenvalue weighted by Gasteiger charge is -2.28. The summed E-state index contributed by atoms with van der Waals surface area (Å²) in [5.74, 6) is 0.980. The molecule has 0 fully saturated rings. The minimum absolute atomic E-state index is 0.326. The average Bonchev–Trinajstić information content (AvgIpc) is 2.60. The second-order valence-corrected chi connectivity index (χ2v) is 5.92. The molecule has 24 heavy (non-hydrogen) atoms. The highest BCUT2D eigenvalue weighted by Crippen LogP contribution is 2.43. The average molecular weight is 327 g/mol. The minimum Gasteiger partial charge on any atom is -0.497 e. The van der Waals surface area contributed by atoms with Crippen LogP contribution in [0, 0.1) is 0 Å². The first kappa shape index (κ1) is 16.3. The molecule has 0 radical (unpaired) electrons. The van der Waals surface area contributed by atoms with Crippen molar-refractivity contribution in [2.24, 2.45) is 0 Å². The van der Waals surface area contributed by atoms with Crippen molar-refractivity contribution in [1.82, 2.24) is 4.90 Å². The Morgan fingerprint density at radius 3 is 2.71 bits per heavy atom. The van der Waals surface area contributed by atoms with Gasteiger partial charge in [-0.25, -0.2) is 4.79 Å². The van der Waals surface area contributed by atoms with Crippen LogP contribution in [0.2, 0.25) is 0 Å². The number of rotatable bonds is 5. The first-order chi connectivity index (χ1) is 11.6. The van der Waals surface area contributed by atoms with Crippen LogP contribution in [0.5, 0.6) is 11.5 Å². The number of ether oxygens (including phenoxy) is 3. The summed E-state index contributed by atoms with van der Waals surface area (Å²) < 4.78 is 16.6. The van der Waals surface area contributed by atoms with Crippen molar-refractivity contribution in [3.05, 3.63) is 48.0 Å². The summed E-state index contributed by atoms with van der Waals surface area (Å²) >= 11 is 0. The zero-order valence-corrected chi connectivity index (χ0v) is 14.1. The van der Waals surface area contributed by atoms with Gasteiger partial charge in [0.25, 0.3) is 0 Å². The van der Waals surface area contributed by atoms with Crippen molar-refractivity contribution >= 4 is 5.97 Å². The number of carbonyl (C=O) groups excluding carboxylic acids is 1. The maximum atomic E-state index is 12.5. The number of nitrogens with zero attached hydrogens (tertiary/aromatic N) is 1. The van der Waals surface area contributed by atoms with Crippen molar-refractivity contribution in [2.75, 3.05) is 34.4 Å². The van der Waals surface area contributed by atoms with Crippen LogP contribution in [0.25, 0.3) is 11.1 Å². The Morgan fingerprint density at radius 1 is 1.17 bits per heavy atom. The normalized spacial score (nSPS) is 15.2. The highest BCUT2D eigenvalue weighted by molar-refractivity contribution is 5.86. The van der Waals surface area contributed by atoms with Crippen LogP contribution >= 0.6 is 0 Å². The molecule has 0 spiro atoms. The Hall–Kier alpha value is -2.53. The summed E-state index contributed by atoms with van der Waals surface area (Å²) in [6, 6.07) is 13.4. The van der Waals surface area contributed by atoms with E-state index < -0.39 is 6.10 Å². The second kappa shape index (κ2) is 6.93. The number of hydrogen-bond acceptors (Lipinski definition) is 5. The number of hydrogen-bond donors (Lipinski definition) is 0. The predicted octanol–water partition coefficient (Wildman–Crippen LogP) is 2.90. The number of methoxy groups -OCH3 is 1. The van der Waals surface area contributed by atoms with E-state index in [1.807, 2.05) is 61.5 Å². The molecule has 126 valence electrons. The van der Waals surface area contributed by atoms with Gasteiger partial charge in [0, 0.05) is 17.7 Å². The molecule has 3 rings (SSSR count). The Kier molecular flexibility index (Phi) is 4.71. The SMILES string of the molecule is COc1ccc2c(c1)C(C(=O)OCCN(C)C)Oc1ccccc1-2. The van der Waals surface area contributed by atoms with Gasteiger partial charge in [-0.05, 0) is 37.9 Å². The molecule has 1 atom stereocenters. The Bertz CT molecular complexity index is 742. The van der Waals surface area contributed by atoms with Crippen molar-refractivity contribution in [3.63, 3.8) is 0 Å². The highest BCUT2D eigenvalue weighted by atomic mass is 16.6. The van der Waals surface area contributed by atoms with Gasteiger partial charge in [-0.3, -0.25) is 0 Å². The standard InChI is InChI=1S/C19H21NO4/c1-20(2)10-11-23-19(21)18-16-12-13(22-3)8-9-14(16)15-6-4-5-7-17(15)24-18/h4-9,12,18H,10-11H2,1-3H3. The van der Waals surface area contributed by atoms with E-state index in [0.717, 1.165) is 16.7 Å². The number of para-hydroxylation sites is 1. The molecule has 0 aromatic heterocycles.